The van der Waals surface area contributed by atoms with Crippen LogP contribution in [-0.2, 0) is 4.79 Å². The van der Waals surface area contributed by atoms with Crippen LogP contribution in [0.1, 0.15) is 42.5 Å². The molecule has 1 fully saturated rings. The summed E-state index contributed by atoms with van der Waals surface area (Å²) in [6, 6.07) is 8.05. The minimum absolute atomic E-state index is 0.0336. The predicted molar refractivity (Wildman–Crippen MR) is 128 cm³/mol. The van der Waals surface area contributed by atoms with Crippen LogP contribution >= 0.6 is 11.8 Å². The van der Waals surface area contributed by atoms with Gasteiger partial charge in [-0.25, -0.2) is 4.98 Å². The number of aryl methyl sites for hydroxylation is 1. The molecule has 11 heteroatoms. The zero-order chi connectivity index (χ0) is 24.1. The summed E-state index contributed by atoms with van der Waals surface area (Å²) in [5.41, 5.74) is 1.50. The molecule has 1 N–H and O–H groups in total. The maximum absolute atomic E-state index is 13.2. The van der Waals surface area contributed by atoms with Crippen molar-refractivity contribution in [2.24, 2.45) is 5.92 Å². The average molecular weight is 481 g/mol. The number of aromatic nitrogens is 4. The third-order valence-electron chi connectivity index (χ3n) is 5.70. The van der Waals surface area contributed by atoms with Crippen LogP contribution in [-0.4, -0.2) is 42.2 Å². The lowest BCUT2D eigenvalue weighted by Crippen LogP contribution is -2.26. The molecule has 2 heterocycles. The number of pyridine rings is 1. The molecule has 3 aromatic rings. The van der Waals surface area contributed by atoms with Crippen LogP contribution in [0, 0.1) is 23.0 Å². The Balaban J connectivity index is 1.51. The third kappa shape index (κ3) is 5.48. The quantitative estimate of drug-likeness (QED) is 0.297. The Morgan fingerprint density at radius 3 is 2.62 bits per heavy atom. The summed E-state index contributed by atoms with van der Waals surface area (Å²) >= 11 is 1.10. The lowest BCUT2D eigenvalue weighted by molar-refractivity contribution is -0.385. The Hall–Kier alpha value is -3.60. The van der Waals surface area contributed by atoms with E-state index < -0.39 is 4.92 Å². The van der Waals surface area contributed by atoms with Gasteiger partial charge in [-0.3, -0.25) is 24.7 Å². The van der Waals surface area contributed by atoms with Crippen molar-refractivity contribution >= 4 is 35.0 Å². The van der Waals surface area contributed by atoms with E-state index in [-0.39, 0.29) is 29.2 Å². The summed E-state index contributed by atoms with van der Waals surface area (Å²) in [6.45, 7) is 1.64. The maximum Gasteiger partial charge on any atom is 0.274 e. The fourth-order valence-corrected chi connectivity index (χ4v) is 4.63. The predicted octanol–water partition coefficient (Wildman–Crippen LogP) is 4.51. The number of nitrogens with zero attached hydrogens (tertiary/aromatic N) is 5. The van der Waals surface area contributed by atoms with Crippen molar-refractivity contribution in [1.82, 2.24) is 19.7 Å². The number of amides is 1. The van der Waals surface area contributed by atoms with E-state index in [2.05, 4.69) is 20.4 Å². The number of nitro groups is 1. The van der Waals surface area contributed by atoms with E-state index in [0.717, 1.165) is 49.4 Å². The number of anilines is 1. The highest BCUT2D eigenvalue weighted by atomic mass is 32.2. The average Bonchev–Trinajstić information content (AvgIpc) is 3.29. The first kappa shape index (κ1) is 23.6. The highest BCUT2D eigenvalue weighted by molar-refractivity contribution is 7.99. The molecule has 176 valence electrons. The normalized spacial score (nSPS) is 14.0. The fraction of sp³-hybridized carbons (Fsp3) is 0.348. The van der Waals surface area contributed by atoms with E-state index in [1.165, 1.54) is 10.7 Å². The molecule has 4 rings (SSSR count). The van der Waals surface area contributed by atoms with Gasteiger partial charge in [0.15, 0.2) is 11.0 Å². The van der Waals surface area contributed by atoms with Crippen molar-refractivity contribution < 1.29 is 14.5 Å². The van der Waals surface area contributed by atoms with Gasteiger partial charge in [0.1, 0.15) is 0 Å². The number of nitro benzene ring substituents is 1. The minimum Gasteiger partial charge on any atom is -0.325 e. The van der Waals surface area contributed by atoms with Crippen LogP contribution in [0.2, 0.25) is 0 Å². The standard InChI is InChI=1S/C23H24N6O4S/c1-15-7-8-18(13-19(15)29(32)33)25-20(30)14-34-23-26-21(16-9-11-24-12-10-16)27-28(23)22(31)17-5-3-2-4-6-17/h7-13,17H,2-6,14H2,1H3,(H,25,30). The van der Waals surface area contributed by atoms with Crippen molar-refractivity contribution in [3.05, 3.63) is 58.4 Å². The van der Waals surface area contributed by atoms with E-state index in [9.17, 15) is 19.7 Å². The summed E-state index contributed by atoms with van der Waals surface area (Å²) in [5, 5.41) is 18.6. The second kappa shape index (κ2) is 10.6. The Kier molecular flexibility index (Phi) is 7.31. The largest absolute Gasteiger partial charge is 0.325 e. The van der Waals surface area contributed by atoms with Gasteiger partial charge < -0.3 is 5.32 Å². The van der Waals surface area contributed by atoms with E-state index in [1.807, 2.05) is 0 Å². The number of benzene rings is 1. The first-order chi connectivity index (χ1) is 16.4. The van der Waals surface area contributed by atoms with Gasteiger partial charge in [-0.15, -0.1) is 5.10 Å². The molecule has 0 spiro atoms. The molecule has 0 radical (unpaired) electrons. The van der Waals surface area contributed by atoms with E-state index >= 15 is 0 Å². The molecule has 0 saturated heterocycles. The van der Waals surface area contributed by atoms with Crippen LogP contribution in [0.4, 0.5) is 11.4 Å². The van der Waals surface area contributed by atoms with Gasteiger partial charge in [-0.2, -0.15) is 4.68 Å². The van der Waals surface area contributed by atoms with Crippen molar-refractivity contribution in [1.29, 1.82) is 0 Å². The number of nitrogens with one attached hydrogen (secondary N) is 1. The summed E-state index contributed by atoms with van der Waals surface area (Å²) in [6.07, 6.45) is 8.04. The van der Waals surface area contributed by atoms with Crippen LogP contribution in [0.5, 0.6) is 0 Å². The van der Waals surface area contributed by atoms with Gasteiger partial charge in [0.2, 0.25) is 5.91 Å². The molecule has 1 amide bonds. The Labute approximate surface area is 200 Å². The zero-order valence-corrected chi connectivity index (χ0v) is 19.5. The molecule has 34 heavy (non-hydrogen) atoms. The smallest absolute Gasteiger partial charge is 0.274 e. The molecule has 2 aromatic heterocycles. The number of carbonyl (C=O) groups is 2. The molecule has 0 aliphatic heterocycles. The molecular formula is C23H24N6O4S. The molecule has 1 aromatic carbocycles. The lowest BCUT2D eigenvalue weighted by Gasteiger charge is -2.20. The molecule has 1 aliphatic rings. The summed E-state index contributed by atoms with van der Waals surface area (Å²) in [7, 11) is 0. The van der Waals surface area contributed by atoms with Gasteiger partial charge in [0.05, 0.1) is 10.7 Å². The second-order valence-electron chi connectivity index (χ2n) is 8.13. The van der Waals surface area contributed by atoms with Gasteiger partial charge in [-0.1, -0.05) is 37.1 Å². The van der Waals surface area contributed by atoms with Gasteiger partial charge in [0.25, 0.3) is 11.6 Å². The zero-order valence-electron chi connectivity index (χ0n) is 18.6. The van der Waals surface area contributed by atoms with E-state index in [1.54, 1.807) is 43.6 Å². The maximum atomic E-state index is 13.2. The Morgan fingerprint density at radius 2 is 1.91 bits per heavy atom. The molecule has 0 atom stereocenters. The van der Waals surface area contributed by atoms with Crippen LogP contribution < -0.4 is 5.32 Å². The van der Waals surface area contributed by atoms with Crippen molar-refractivity contribution in [2.45, 2.75) is 44.2 Å². The van der Waals surface area contributed by atoms with Gasteiger partial charge in [0, 0.05) is 41.2 Å². The number of rotatable bonds is 7. The first-order valence-corrected chi connectivity index (χ1v) is 12.0. The van der Waals surface area contributed by atoms with Gasteiger partial charge in [-0.05, 0) is 38.0 Å². The number of carbonyl (C=O) groups excluding carboxylic acids is 2. The highest BCUT2D eigenvalue weighted by Crippen LogP contribution is 2.28. The SMILES string of the molecule is Cc1ccc(NC(=O)CSc2nc(-c3ccncc3)nn2C(=O)C2CCCCC2)cc1[N+](=O)[O-]. The molecule has 1 saturated carbocycles. The summed E-state index contributed by atoms with van der Waals surface area (Å²) in [4.78, 5) is 45.0. The summed E-state index contributed by atoms with van der Waals surface area (Å²) in [5.74, 6) is -0.225. The minimum atomic E-state index is -0.486. The fourth-order valence-electron chi connectivity index (χ4n) is 3.89. The number of hydrogen-bond acceptors (Lipinski definition) is 8. The molecular weight excluding hydrogens is 456 g/mol. The lowest BCUT2D eigenvalue weighted by atomic mass is 9.89. The molecule has 1 aliphatic carbocycles. The molecule has 10 nitrogen and oxygen atoms in total. The summed E-state index contributed by atoms with van der Waals surface area (Å²) < 4.78 is 1.32. The van der Waals surface area contributed by atoms with Gasteiger partial charge >= 0.3 is 0 Å². The van der Waals surface area contributed by atoms with Crippen LogP contribution in [0.25, 0.3) is 11.4 Å². The van der Waals surface area contributed by atoms with E-state index in [0.29, 0.717) is 22.2 Å². The first-order valence-electron chi connectivity index (χ1n) is 11.0. The topological polar surface area (TPSA) is 133 Å². The number of thioether (sulfide) groups is 1. The number of hydrogen-bond donors (Lipinski definition) is 1. The monoisotopic (exact) mass is 480 g/mol. The second-order valence-corrected chi connectivity index (χ2v) is 9.08. The van der Waals surface area contributed by atoms with Crippen LogP contribution in [0.3, 0.4) is 0 Å². The molecule has 0 bridgehead atoms. The Bertz CT molecular complexity index is 1210. The highest BCUT2D eigenvalue weighted by Gasteiger charge is 2.27. The Morgan fingerprint density at radius 1 is 1.18 bits per heavy atom. The molecule has 0 unspecified atom stereocenters. The van der Waals surface area contributed by atoms with Crippen molar-refractivity contribution in [3.63, 3.8) is 0 Å². The van der Waals surface area contributed by atoms with E-state index in [4.69, 9.17) is 0 Å². The van der Waals surface area contributed by atoms with Crippen molar-refractivity contribution in [2.75, 3.05) is 11.1 Å². The third-order valence-corrected chi connectivity index (χ3v) is 6.63. The van der Waals surface area contributed by atoms with Crippen LogP contribution in [0.15, 0.2) is 47.9 Å². The van der Waals surface area contributed by atoms with Crippen molar-refractivity contribution in [3.8, 4) is 11.4 Å².